The Morgan fingerprint density at radius 1 is 1.64 bits per heavy atom. The van der Waals surface area contributed by atoms with Crippen molar-refractivity contribution in [3.8, 4) is 0 Å². The topological polar surface area (TPSA) is 46.1 Å². The normalized spacial score (nSPS) is 10.4. The van der Waals surface area contributed by atoms with Crippen LogP contribution in [0.2, 0.25) is 0 Å². The van der Waals surface area contributed by atoms with E-state index in [0.29, 0.717) is 0 Å². The second-order valence-electron chi connectivity index (χ2n) is 3.45. The molecule has 0 aliphatic carbocycles. The third-order valence-corrected chi connectivity index (χ3v) is 2.27. The molecule has 1 heterocycles. The maximum atomic E-state index is 10.6. The maximum Gasteiger partial charge on any atom is 0.346 e. The molecule has 0 amide bonds. The first-order valence-corrected chi connectivity index (χ1v) is 4.90. The van der Waals surface area contributed by atoms with E-state index in [1.54, 1.807) is 4.57 Å². The Morgan fingerprint density at radius 3 is 2.93 bits per heavy atom. The van der Waals surface area contributed by atoms with Gasteiger partial charge in [-0.25, -0.2) is 13.9 Å². The lowest BCUT2D eigenvalue weighted by molar-refractivity contribution is -0.678. The Bertz CT molecular complexity index is 318. The molecule has 0 fully saturated rings. The first kappa shape index (κ1) is 10.8. The molecule has 0 atom stereocenters. The minimum absolute atomic E-state index is 0.0554. The Morgan fingerprint density at radius 2 is 2.36 bits per heavy atom. The molecule has 1 rings (SSSR count). The van der Waals surface area contributed by atoms with Crippen LogP contribution in [-0.4, -0.2) is 15.6 Å². The van der Waals surface area contributed by atoms with Crippen molar-refractivity contribution in [3.05, 3.63) is 18.2 Å². The molecular formula is C10H17N2O2+. The van der Waals surface area contributed by atoms with Crippen LogP contribution in [0.3, 0.4) is 0 Å². The lowest BCUT2D eigenvalue weighted by Crippen LogP contribution is -2.32. The fraction of sp³-hybridized carbons (Fsp3) is 0.600. The van der Waals surface area contributed by atoms with E-state index in [1.165, 1.54) is 0 Å². The summed E-state index contributed by atoms with van der Waals surface area (Å²) >= 11 is 0. The number of aromatic nitrogens is 2. The van der Waals surface area contributed by atoms with Gasteiger partial charge in [-0.05, 0) is 6.42 Å². The van der Waals surface area contributed by atoms with Gasteiger partial charge in [-0.3, -0.25) is 0 Å². The summed E-state index contributed by atoms with van der Waals surface area (Å²) in [5.74, 6) is 0.285. The summed E-state index contributed by atoms with van der Waals surface area (Å²) in [5, 5.41) is 8.70. The number of imidazole rings is 1. The number of rotatable bonds is 5. The van der Waals surface area contributed by atoms with Crippen LogP contribution in [0.1, 0.15) is 25.6 Å². The van der Waals surface area contributed by atoms with Crippen LogP contribution in [0.4, 0.5) is 0 Å². The minimum Gasteiger partial charge on any atom is -0.478 e. The van der Waals surface area contributed by atoms with Crippen LogP contribution in [0, 0.1) is 0 Å². The smallest absolute Gasteiger partial charge is 0.346 e. The fourth-order valence-corrected chi connectivity index (χ4v) is 1.50. The molecule has 0 spiro atoms. The highest BCUT2D eigenvalue weighted by Gasteiger charge is 2.15. The van der Waals surface area contributed by atoms with Crippen molar-refractivity contribution in [1.82, 2.24) is 4.57 Å². The van der Waals surface area contributed by atoms with E-state index < -0.39 is 5.97 Å². The first-order valence-electron chi connectivity index (χ1n) is 4.90. The van der Waals surface area contributed by atoms with Crippen LogP contribution < -0.4 is 4.57 Å². The SMILES string of the molecule is CCCCc1n(CC(=O)O)cc[n+]1C. The molecule has 0 radical (unpaired) electrons. The minimum atomic E-state index is -0.793. The number of hydrogen-bond acceptors (Lipinski definition) is 1. The highest BCUT2D eigenvalue weighted by Crippen LogP contribution is 2.01. The predicted octanol–water partition coefficient (Wildman–Crippen LogP) is 0.740. The second kappa shape index (κ2) is 4.79. The molecular weight excluding hydrogens is 180 g/mol. The van der Waals surface area contributed by atoms with Crippen molar-refractivity contribution in [2.75, 3.05) is 0 Å². The number of carbonyl (C=O) groups is 1. The largest absolute Gasteiger partial charge is 0.478 e. The van der Waals surface area contributed by atoms with Crippen molar-refractivity contribution in [1.29, 1.82) is 0 Å². The molecule has 0 aromatic carbocycles. The van der Waals surface area contributed by atoms with Crippen LogP contribution in [-0.2, 0) is 24.8 Å². The lowest BCUT2D eigenvalue weighted by Gasteiger charge is -1.99. The van der Waals surface area contributed by atoms with Crippen molar-refractivity contribution < 1.29 is 14.5 Å². The zero-order valence-corrected chi connectivity index (χ0v) is 8.73. The summed E-state index contributed by atoms with van der Waals surface area (Å²) in [5.41, 5.74) is 0. The Labute approximate surface area is 83.8 Å². The number of hydrogen-bond donors (Lipinski definition) is 1. The number of aliphatic carboxylic acids is 1. The van der Waals surface area contributed by atoms with Crippen LogP contribution in [0.25, 0.3) is 0 Å². The van der Waals surface area contributed by atoms with Gasteiger partial charge in [0.2, 0.25) is 0 Å². The molecule has 0 saturated heterocycles. The van der Waals surface area contributed by atoms with Crippen molar-refractivity contribution in [2.45, 2.75) is 32.7 Å². The predicted molar refractivity (Wildman–Crippen MR) is 51.9 cm³/mol. The standard InChI is InChI=1S/C10H16N2O2/c1-3-4-5-9-11(2)6-7-12(9)8-10(13)14/h6-7H,3-5,8H2,1-2H3/p+1. The number of nitrogens with zero attached hydrogens (tertiary/aromatic N) is 2. The van der Waals surface area contributed by atoms with Gasteiger partial charge in [-0.2, -0.15) is 0 Å². The van der Waals surface area contributed by atoms with Crippen LogP contribution >= 0.6 is 0 Å². The molecule has 0 saturated carbocycles. The fourth-order valence-electron chi connectivity index (χ4n) is 1.50. The zero-order valence-electron chi connectivity index (χ0n) is 8.73. The Balaban J connectivity index is 2.77. The molecule has 14 heavy (non-hydrogen) atoms. The molecule has 1 aromatic rings. The van der Waals surface area contributed by atoms with Gasteiger partial charge in [-0.15, -0.1) is 0 Å². The summed E-state index contributed by atoms with van der Waals surface area (Å²) in [7, 11) is 1.95. The van der Waals surface area contributed by atoms with E-state index in [2.05, 4.69) is 6.92 Å². The number of carboxylic acid groups (broad SMARTS) is 1. The molecule has 4 nitrogen and oxygen atoms in total. The van der Waals surface area contributed by atoms with Gasteiger partial charge in [0.1, 0.15) is 12.4 Å². The third-order valence-electron chi connectivity index (χ3n) is 2.27. The summed E-state index contributed by atoms with van der Waals surface area (Å²) in [6, 6.07) is 0. The van der Waals surface area contributed by atoms with E-state index in [1.807, 2.05) is 24.0 Å². The average Bonchev–Trinajstić information content (AvgIpc) is 2.44. The van der Waals surface area contributed by atoms with Crippen molar-refractivity contribution in [2.24, 2.45) is 7.05 Å². The van der Waals surface area contributed by atoms with E-state index >= 15 is 0 Å². The number of carboxylic acids is 1. The monoisotopic (exact) mass is 197 g/mol. The summed E-state index contributed by atoms with van der Waals surface area (Å²) in [6.45, 7) is 2.18. The van der Waals surface area contributed by atoms with Gasteiger partial charge in [0.15, 0.2) is 6.54 Å². The molecule has 1 N–H and O–H groups in total. The van der Waals surface area contributed by atoms with Crippen LogP contribution in [0.5, 0.6) is 0 Å². The highest BCUT2D eigenvalue weighted by molar-refractivity contribution is 5.66. The zero-order chi connectivity index (χ0) is 10.6. The van der Waals surface area contributed by atoms with Gasteiger partial charge in [-0.1, -0.05) is 13.3 Å². The molecule has 1 aromatic heterocycles. The molecule has 78 valence electrons. The van der Waals surface area contributed by atoms with Crippen molar-refractivity contribution >= 4 is 5.97 Å². The second-order valence-corrected chi connectivity index (χ2v) is 3.45. The van der Waals surface area contributed by atoms with Gasteiger partial charge in [0.25, 0.3) is 5.82 Å². The quantitative estimate of drug-likeness (QED) is 0.708. The van der Waals surface area contributed by atoms with Gasteiger partial charge in [0.05, 0.1) is 7.05 Å². The molecule has 0 aliphatic heterocycles. The number of unbranched alkanes of at least 4 members (excludes halogenated alkanes) is 1. The molecule has 0 bridgehead atoms. The molecule has 4 heteroatoms. The van der Waals surface area contributed by atoms with Crippen molar-refractivity contribution in [3.63, 3.8) is 0 Å². The lowest BCUT2D eigenvalue weighted by atomic mass is 10.2. The molecule has 0 aliphatic rings. The van der Waals surface area contributed by atoms with E-state index in [4.69, 9.17) is 5.11 Å². The van der Waals surface area contributed by atoms with E-state index in [9.17, 15) is 4.79 Å². The van der Waals surface area contributed by atoms with E-state index in [-0.39, 0.29) is 6.54 Å². The van der Waals surface area contributed by atoms with Gasteiger partial charge < -0.3 is 5.11 Å². The first-order chi connectivity index (χ1) is 6.65. The molecule has 0 unspecified atom stereocenters. The van der Waals surface area contributed by atoms with Gasteiger partial charge >= 0.3 is 5.97 Å². The van der Waals surface area contributed by atoms with Gasteiger partial charge in [0, 0.05) is 6.42 Å². The Kier molecular flexibility index (Phi) is 3.68. The summed E-state index contributed by atoms with van der Waals surface area (Å²) in [6.07, 6.45) is 6.87. The average molecular weight is 197 g/mol. The number of aryl methyl sites for hydroxylation is 1. The van der Waals surface area contributed by atoms with E-state index in [0.717, 1.165) is 25.1 Å². The Hall–Kier alpha value is -1.32. The maximum absolute atomic E-state index is 10.6. The summed E-state index contributed by atoms with van der Waals surface area (Å²) < 4.78 is 3.77. The summed E-state index contributed by atoms with van der Waals surface area (Å²) in [4.78, 5) is 10.6. The highest BCUT2D eigenvalue weighted by atomic mass is 16.4. The van der Waals surface area contributed by atoms with Crippen LogP contribution in [0.15, 0.2) is 12.4 Å². The third kappa shape index (κ3) is 2.58.